The summed E-state index contributed by atoms with van der Waals surface area (Å²) in [5, 5.41) is 0. The van der Waals surface area contributed by atoms with Crippen LogP contribution >= 0.6 is 0 Å². The van der Waals surface area contributed by atoms with Crippen LogP contribution in [-0.4, -0.2) is 36.6 Å². The third-order valence-electron chi connectivity index (χ3n) is 8.26. The van der Waals surface area contributed by atoms with Crippen LogP contribution in [0.25, 0.3) is 5.47 Å². The summed E-state index contributed by atoms with van der Waals surface area (Å²) in [6.45, 7) is 19.2. The number of allylic oxidation sites excluding steroid dienone is 1. The summed E-state index contributed by atoms with van der Waals surface area (Å²) in [6, 6.07) is 10.5. The highest BCUT2D eigenvalue weighted by Gasteiger charge is 2.56. The van der Waals surface area contributed by atoms with Crippen LogP contribution in [0.3, 0.4) is 0 Å². The van der Waals surface area contributed by atoms with Crippen molar-refractivity contribution in [2.75, 3.05) is 0 Å². The summed E-state index contributed by atoms with van der Waals surface area (Å²) >= 11 is 0. The maximum absolute atomic E-state index is 6.60. The Labute approximate surface area is 209 Å². The molecule has 4 nitrogen and oxygen atoms in total. The average Bonchev–Trinajstić information content (AvgIpc) is 3.09. The molecule has 0 aliphatic carbocycles. The van der Waals surface area contributed by atoms with Crippen molar-refractivity contribution >= 4 is 19.7 Å². The molecule has 0 spiro atoms. The predicted molar refractivity (Wildman–Crippen MR) is 144 cm³/mol. The third kappa shape index (κ3) is 5.83. The van der Waals surface area contributed by atoms with E-state index in [0.29, 0.717) is 0 Å². The maximum Gasteiger partial charge on any atom is 0.494 e. The van der Waals surface area contributed by atoms with E-state index in [1.165, 1.54) is 32.1 Å². The van der Waals surface area contributed by atoms with E-state index >= 15 is 0 Å². The first-order valence-corrected chi connectivity index (χ1v) is 13.3. The zero-order valence-corrected chi connectivity index (χ0v) is 23.1. The summed E-state index contributed by atoms with van der Waals surface area (Å²) < 4.78 is 26.4. The van der Waals surface area contributed by atoms with E-state index in [-0.39, 0.29) is 0 Å². The Morgan fingerprint density at radius 1 is 0.618 bits per heavy atom. The van der Waals surface area contributed by atoms with Gasteiger partial charge in [-0.1, -0.05) is 75.8 Å². The minimum atomic E-state index is -0.471. The lowest BCUT2D eigenvalue weighted by Gasteiger charge is -2.32. The fraction of sp³-hybridized carbons (Fsp3) is 0.714. The first kappa shape index (κ1) is 27.5. The van der Waals surface area contributed by atoms with Crippen molar-refractivity contribution in [3.8, 4) is 0 Å². The van der Waals surface area contributed by atoms with Gasteiger partial charge in [-0.15, -0.1) is 0 Å². The quantitative estimate of drug-likeness (QED) is 0.264. The fourth-order valence-electron chi connectivity index (χ4n) is 4.51. The second-order valence-electron chi connectivity index (χ2n) is 12.0. The highest BCUT2D eigenvalue weighted by atomic mass is 16.7. The molecule has 0 amide bonds. The molecular formula is C28H46B2O4. The second kappa shape index (κ2) is 10.5. The number of unbranched alkanes of at least 4 members (excludes halogenated alkanes) is 5. The normalized spacial score (nSPS) is 23.3. The fourth-order valence-corrected chi connectivity index (χ4v) is 4.51. The topological polar surface area (TPSA) is 36.9 Å². The molecule has 2 aliphatic heterocycles. The Morgan fingerprint density at radius 2 is 1.06 bits per heavy atom. The highest BCUT2D eigenvalue weighted by molar-refractivity contribution is 6.74. The molecule has 1 aromatic rings. The van der Waals surface area contributed by atoms with E-state index in [4.69, 9.17) is 18.6 Å². The largest absolute Gasteiger partial charge is 0.494 e. The van der Waals surface area contributed by atoms with Gasteiger partial charge in [0, 0.05) is 0 Å². The molecule has 2 saturated heterocycles. The van der Waals surface area contributed by atoms with Crippen molar-refractivity contribution in [1.29, 1.82) is 0 Å². The van der Waals surface area contributed by atoms with Crippen LogP contribution in [0, 0.1) is 0 Å². The van der Waals surface area contributed by atoms with Gasteiger partial charge in [0.1, 0.15) is 0 Å². The molecule has 1 aromatic carbocycles. The van der Waals surface area contributed by atoms with Crippen LogP contribution in [0.4, 0.5) is 0 Å². The van der Waals surface area contributed by atoms with Crippen LogP contribution < -0.4 is 0 Å². The molecule has 0 saturated carbocycles. The molecule has 2 aliphatic rings. The standard InChI is InChI=1S/C28H46B2O4/c1-10-11-12-13-14-18-21-23(29-31-25(2,3)26(4,5)32-29)24(22-19-16-15-17-20-22)30-33-27(6,7)28(8,9)34-30/h15-17,19-20H,10-14,18,21H2,1-9H3/b24-23-. The van der Waals surface area contributed by atoms with Gasteiger partial charge in [-0.2, -0.15) is 0 Å². The SMILES string of the molecule is CCCCCCCC/C(B1OC(C)(C)C(C)(C)O1)=C(/B1OC(C)(C)C(C)(C)O1)c1ccccc1. The van der Waals surface area contributed by atoms with Gasteiger partial charge in [-0.3, -0.25) is 0 Å². The molecule has 3 rings (SSSR count). The number of benzene rings is 1. The number of hydrogen-bond acceptors (Lipinski definition) is 4. The van der Waals surface area contributed by atoms with Gasteiger partial charge in [0.15, 0.2) is 0 Å². The molecule has 0 unspecified atom stereocenters. The zero-order valence-electron chi connectivity index (χ0n) is 23.1. The molecule has 188 valence electrons. The van der Waals surface area contributed by atoms with E-state index in [9.17, 15) is 0 Å². The smallest absolute Gasteiger partial charge is 0.400 e. The summed E-state index contributed by atoms with van der Waals surface area (Å²) in [7, 11) is -0.892. The van der Waals surface area contributed by atoms with Gasteiger partial charge in [0.25, 0.3) is 0 Å². The summed E-state index contributed by atoms with van der Waals surface area (Å²) in [5.74, 6) is 0. The first-order valence-electron chi connectivity index (χ1n) is 13.3. The van der Waals surface area contributed by atoms with E-state index in [1.54, 1.807) is 0 Å². The third-order valence-corrected chi connectivity index (χ3v) is 8.26. The van der Waals surface area contributed by atoms with Crippen molar-refractivity contribution in [2.45, 2.75) is 130 Å². The van der Waals surface area contributed by atoms with Crippen LogP contribution in [-0.2, 0) is 18.6 Å². The Bertz CT molecular complexity index is 813. The Kier molecular flexibility index (Phi) is 8.50. The van der Waals surface area contributed by atoms with Crippen LogP contribution in [0.2, 0.25) is 0 Å². The maximum atomic E-state index is 6.60. The van der Waals surface area contributed by atoms with Crippen molar-refractivity contribution in [2.24, 2.45) is 0 Å². The first-order chi connectivity index (χ1) is 15.8. The van der Waals surface area contributed by atoms with Gasteiger partial charge in [0.2, 0.25) is 0 Å². The predicted octanol–water partition coefficient (Wildman–Crippen LogP) is 7.45. The Hall–Kier alpha value is -1.07. The van der Waals surface area contributed by atoms with E-state index in [2.05, 4.69) is 86.6 Å². The van der Waals surface area contributed by atoms with Gasteiger partial charge in [-0.05, 0) is 78.3 Å². The molecule has 34 heavy (non-hydrogen) atoms. The molecule has 0 bridgehead atoms. The minimum absolute atomic E-state index is 0.401. The highest BCUT2D eigenvalue weighted by Crippen LogP contribution is 2.45. The number of rotatable bonds is 10. The van der Waals surface area contributed by atoms with Gasteiger partial charge < -0.3 is 18.6 Å². The van der Waals surface area contributed by atoms with Crippen molar-refractivity contribution in [1.82, 2.24) is 0 Å². The number of hydrogen-bond donors (Lipinski definition) is 0. The van der Waals surface area contributed by atoms with Gasteiger partial charge >= 0.3 is 14.2 Å². The van der Waals surface area contributed by atoms with Gasteiger partial charge in [0.05, 0.1) is 22.4 Å². The summed E-state index contributed by atoms with van der Waals surface area (Å²) in [5.41, 5.74) is 1.68. The molecule has 2 fully saturated rings. The molecular weight excluding hydrogens is 422 g/mol. The lowest BCUT2D eigenvalue weighted by molar-refractivity contribution is 0.00578. The van der Waals surface area contributed by atoms with E-state index in [0.717, 1.165) is 29.4 Å². The second-order valence-corrected chi connectivity index (χ2v) is 12.0. The lowest BCUT2D eigenvalue weighted by atomic mass is 9.61. The van der Waals surface area contributed by atoms with E-state index < -0.39 is 36.6 Å². The molecule has 0 N–H and O–H groups in total. The van der Waals surface area contributed by atoms with Crippen LogP contribution in [0.15, 0.2) is 35.8 Å². The average molecular weight is 468 g/mol. The molecule has 0 radical (unpaired) electrons. The van der Waals surface area contributed by atoms with Crippen molar-refractivity contribution < 1.29 is 18.6 Å². The summed E-state index contributed by atoms with van der Waals surface area (Å²) in [4.78, 5) is 0. The van der Waals surface area contributed by atoms with Crippen molar-refractivity contribution in [3.63, 3.8) is 0 Å². The Balaban J connectivity index is 2.02. The molecule has 0 atom stereocenters. The zero-order chi connectivity index (χ0) is 25.2. The Morgan fingerprint density at radius 3 is 1.56 bits per heavy atom. The van der Waals surface area contributed by atoms with Gasteiger partial charge in [-0.25, -0.2) is 0 Å². The van der Waals surface area contributed by atoms with Crippen molar-refractivity contribution in [3.05, 3.63) is 41.4 Å². The molecule has 6 heteroatoms. The minimum Gasteiger partial charge on any atom is -0.400 e. The molecule has 2 heterocycles. The van der Waals surface area contributed by atoms with Crippen LogP contribution in [0.5, 0.6) is 0 Å². The summed E-state index contributed by atoms with van der Waals surface area (Å²) in [6.07, 6.45) is 8.34. The monoisotopic (exact) mass is 468 g/mol. The molecule has 0 aromatic heterocycles. The van der Waals surface area contributed by atoms with E-state index in [1.807, 2.05) is 6.07 Å². The van der Waals surface area contributed by atoms with Crippen LogP contribution in [0.1, 0.15) is 113 Å². The lowest BCUT2D eigenvalue weighted by Crippen LogP contribution is -2.41.